The van der Waals surface area contributed by atoms with Crippen LogP contribution in [0.5, 0.6) is 5.75 Å². The van der Waals surface area contributed by atoms with Crippen molar-refractivity contribution in [2.24, 2.45) is 5.92 Å². The lowest BCUT2D eigenvalue weighted by atomic mass is 9.93. The van der Waals surface area contributed by atoms with Gasteiger partial charge >= 0.3 is 0 Å². The van der Waals surface area contributed by atoms with Gasteiger partial charge in [-0.1, -0.05) is 26.0 Å². The Kier molecular flexibility index (Phi) is 5.14. The second kappa shape index (κ2) is 6.18. The molecule has 0 heterocycles. The molecule has 3 N–H and O–H groups in total. The molecule has 1 unspecified atom stereocenters. The Bertz CT molecular complexity index is 389. The predicted molar refractivity (Wildman–Crippen MR) is 69.5 cm³/mol. The van der Waals surface area contributed by atoms with Crippen molar-refractivity contribution in [2.45, 2.75) is 26.4 Å². The average molecular weight is 254 g/mol. The number of aryl methyl sites for hydroxylation is 1. The summed E-state index contributed by atoms with van der Waals surface area (Å²) in [5.41, 5.74) is -0.383. The zero-order valence-electron chi connectivity index (χ0n) is 11.2. The number of hydrogen-bond donors (Lipinski definition) is 3. The van der Waals surface area contributed by atoms with Gasteiger partial charge in [-0.3, -0.25) is 0 Å². The molecule has 0 bridgehead atoms. The maximum absolute atomic E-state index is 10.3. The Balaban J connectivity index is 2.85. The Labute approximate surface area is 108 Å². The highest BCUT2D eigenvalue weighted by Crippen LogP contribution is 2.30. The van der Waals surface area contributed by atoms with E-state index in [0.29, 0.717) is 18.1 Å². The molecule has 0 aliphatic rings. The Morgan fingerprint density at radius 3 is 2.50 bits per heavy atom. The molecule has 0 radical (unpaired) electrons. The van der Waals surface area contributed by atoms with Crippen LogP contribution in [0.4, 0.5) is 0 Å². The van der Waals surface area contributed by atoms with Crippen LogP contribution in [-0.2, 0) is 10.3 Å². The van der Waals surface area contributed by atoms with Crippen molar-refractivity contribution >= 4 is 0 Å². The highest BCUT2D eigenvalue weighted by molar-refractivity contribution is 5.40. The van der Waals surface area contributed by atoms with E-state index in [1.165, 1.54) is 0 Å². The van der Waals surface area contributed by atoms with E-state index in [0.717, 1.165) is 5.56 Å². The fraction of sp³-hybridized carbons (Fsp3) is 0.571. The van der Waals surface area contributed by atoms with Crippen molar-refractivity contribution in [3.63, 3.8) is 0 Å². The largest absolute Gasteiger partial charge is 0.508 e. The molecule has 1 aromatic carbocycles. The zero-order chi connectivity index (χ0) is 13.8. The van der Waals surface area contributed by atoms with Crippen molar-refractivity contribution in [3.8, 4) is 5.75 Å². The van der Waals surface area contributed by atoms with E-state index in [9.17, 15) is 15.3 Å². The van der Waals surface area contributed by atoms with Gasteiger partial charge in [0.05, 0.1) is 13.2 Å². The third kappa shape index (κ3) is 3.70. The molecule has 0 aliphatic heterocycles. The normalized spacial score (nSPS) is 14.8. The Morgan fingerprint density at radius 2 is 2.00 bits per heavy atom. The van der Waals surface area contributed by atoms with Crippen molar-refractivity contribution in [1.82, 2.24) is 0 Å². The second-order valence-electron chi connectivity index (χ2n) is 5.12. The lowest BCUT2D eigenvalue weighted by Gasteiger charge is -2.27. The molecular weight excluding hydrogens is 232 g/mol. The lowest BCUT2D eigenvalue weighted by molar-refractivity contribution is -0.0877. The highest BCUT2D eigenvalue weighted by Gasteiger charge is 2.31. The zero-order valence-corrected chi connectivity index (χ0v) is 11.2. The first-order chi connectivity index (χ1) is 8.39. The molecule has 0 saturated heterocycles. The number of aliphatic hydroxyl groups is 2. The van der Waals surface area contributed by atoms with E-state index in [4.69, 9.17) is 4.74 Å². The number of rotatable bonds is 6. The number of ether oxygens (including phenoxy) is 1. The number of hydrogen-bond acceptors (Lipinski definition) is 4. The van der Waals surface area contributed by atoms with Gasteiger partial charge in [0.2, 0.25) is 0 Å². The molecule has 0 aromatic heterocycles. The monoisotopic (exact) mass is 254 g/mol. The topological polar surface area (TPSA) is 69.9 Å². The van der Waals surface area contributed by atoms with Crippen molar-refractivity contribution < 1.29 is 20.1 Å². The molecule has 0 aliphatic carbocycles. The molecule has 4 heteroatoms. The van der Waals surface area contributed by atoms with Crippen LogP contribution in [0.1, 0.15) is 25.0 Å². The Morgan fingerprint density at radius 1 is 1.33 bits per heavy atom. The summed E-state index contributed by atoms with van der Waals surface area (Å²) in [5.74, 6) is 0.319. The van der Waals surface area contributed by atoms with Crippen LogP contribution in [-0.4, -0.2) is 35.1 Å². The van der Waals surface area contributed by atoms with E-state index in [1.54, 1.807) is 18.2 Å². The van der Waals surface area contributed by atoms with E-state index >= 15 is 0 Å². The fourth-order valence-electron chi connectivity index (χ4n) is 1.71. The standard InChI is InChI=1S/C14H22O4/c1-10(2)7-18-9-14(17,8-15)12-5-4-11(3)6-13(12)16/h4-6,10,15-17H,7-9H2,1-3H3. The number of aliphatic hydroxyl groups excluding tert-OH is 1. The molecule has 0 fully saturated rings. The maximum Gasteiger partial charge on any atom is 0.139 e. The van der Waals surface area contributed by atoms with Crippen molar-refractivity contribution in [1.29, 1.82) is 0 Å². The Hall–Kier alpha value is -1.10. The van der Waals surface area contributed by atoms with Crippen LogP contribution < -0.4 is 0 Å². The van der Waals surface area contributed by atoms with E-state index in [-0.39, 0.29) is 12.4 Å². The summed E-state index contributed by atoms with van der Waals surface area (Å²) in [5, 5.41) is 29.5. The van der Waals surface area contributed by atoms with Gasteiger partial charge in [-0.25, -0.2) is 0 Å². The minimum atomic E-state index is -1.56. The first-order valence-corrected chi connectivity index (χ1v) is 6.10. The first-order valence-electron chi connectivity index (χ1n) is 6.10. The summed E-state index contributed by atoms with van der Waals surface area (Å²) in [6.07, 6.45) is 0. The first kappa shape index (κ1) is 15.0. The SMILES string of the molecule is Cc1ccc(C(O)(CO)COCC(C)C)c(O)c1. The minimum absolute atomic E-state index is 0.0281. The third-order valence-corrected chi connectivity index (χ3v) is 2.71. The van der Waals surface area contributed by atoms with Crippen LogP contribution in [0, 0.1) is 12.8 Å². The van der Waals surface area contributed by atoms with Gasteiger partial charge in [0.15, 0.2) is 0 Å². The third-order valence-electron chi connectivity index (χ3n) is 2.71. The van der Waals surface area contributed by atoms with Gasteiger partial charge < -0.3 is 20.1 Å². The maximum atomic E-state index is 10.3. The van der Waals surface area contributed by atoms with Crippen LogP contribution in [0.3, 0.4) is 0 Å². The summed E-state index contributed by atoms with van der Waals surface area (Å²) >= 11 is 0. The van der Waals surface area contributed by atoms with Gasteiger partial charge in [0.25, 0.3) is 0 Å². The van der Waals surface area contributed by atoms with Crippen molar-refractivity contribution in [2.75, 3.05) is 19.8 Å². The predicted octanol–water partition coefficient (Wildman–Crippen LogP) is 1.55. The molecule has 0 spiro atoms. The summed E-state index contributed by atoms with van der Waals surface area (Å²) in [4.78, 5) is 0. The summed E-state index contributed by atoms with van der Waals surface area (Å²) < 4.78 is 5.37. The molecule has 0 amide bonds. The lowest BCUT2D eigenvalue weighted by Crippen LogP contribution is -2.36. The molecule has 1 aromatic rings. The van der Waals surface area contributed by atoms with Crippen LogP contribution >= 0.6 is 0 Å². The quantitative estimate of drug-likeness (QED) is 0.720. The summed E-state index contributed by atoms with van der Waals surface area (Å²) in [7, 11) is 0. The molecule has 18 heavy (non-hydrogen) atoms. The number of phenols is 1. The average Bonchev–Trinajstić information content (AvgIpc) is 2.28. The minimum Gasteiger partial charge on any atom is -0.508 e. The van der Waals surface area contributed by atoms with Crippen LogP contribution in [0.2, 0.25) is 0 Å². The van der Waals surface area contributed by atoms with Crippen LogP contribution in [0.25, 0.3) is 0 Å². The number of benzene rings is 1. The van der Waals surface area contributed by atoms with Crippen molar-refractivity contribution in [3.05, 3.63) is 29.3 Å². The molecular formula is C14H22O4. The smallest absolute Gasteiger partial charge is 0.139 e. The van der Waals surface area contributed by atoms with Gasteiger partial charge in [0, 0.05) is 12.2 Å². The van der Waals surface area contributed by atoms with E-state index < -0.39 is 12.2 Å². The molecule has 102 valence electrons. The summed E-state index contributed by atoms with van der Waals surface area (Å²) in [6, 6.07) is 4.94. The van der Waals surface area contributed by atoms with Gasteiger partial charge in [-0.2, -0.15) is 0 Å². The molecule has 0 saturated carbocycles. The van der Waals surface area contributed by atoms with E-state index in [1.807, 2.05) is 20.8 Å². The van der Waals surface area contributed by atoms with E-state index in [2.05, 4.69) is 0 Å². The van der Waals surface area contributed by atoms with Crippen LogP contribution in [0.15, 0.2) is 18.2 Å². The second-order valence-corrected chi connectivity index (χ2v) is 5.12. The fourth-order valence-corrected chi connectivity index (χ4v) is 1.71. The summed E-state index contributed by atoms with van der Waals surface area (Å²) in [6.45, 7) is 5.80. The highest BCUT2D eigenvalue weighted by atomic mass is 16.5. The van der Waals surface area contributed by atoms with Gasteiger partial charge in [-0.15, -0.1) is 0 Å². The molecule has 1 rings (SSSR count). The molecule has 1 atom stereocenters. The van der Waals surface area contributed by atoms with Gasteiger partial charge in [-0.05, 0) is 24.5 Å². The van der Waals surface area contributed by atoms with Gasteiger partial charge in [0.1, 0.15) is 11.4 Å². The number of aromatic hydroxyl groups is 1. The molecule has 4 nitrogen and oxygen atoms in total. The number of phenolic OH excluding ortho intramolecular Hbond substituents is 1.